The van der Waals surface area contributed by atoms with Crippen LogP contribution in [0.1, 0.15) is 43.9 Å². The minimum Gasteiger partial charge on any atom is -0.338 e. The molecule has 1 aromatic carbocycles. The molecule has 2 aliphatic heterocycles. The summed E-state index contributed by atoms with van der Waals surface area (Å²) in [5.41, 5.74) is 1.19. The lowest BCUT2D eigenvalue weighted by molar-refractivity contribution is -0.132. The van der Waals surface area contributed by atoms with Crippen molar-refractivity contribution in [1.82, 2.24) is 14.8 Å². The monoisotopic (exact) mass is 369 g/mol. The summed E-state index contributed by atoms with van der Waals surface area (Å²) in [5, 5.41) is 1.10. The molecule has 4 rings (SSSR count). The van der Waals surface area contributed by atoms with Crippen molar-refractivity contribution >= 4 is 17.2 Å². The first kappa shape index (κ1) is 17.7. The summed E-state index contributed by atoms with van der Waals surface area (Å²) in [6, 6.07) is 11.3. The fourth-order valence-electron chi connectivity index (χ4n) is 4.48. The molecule has 2 fully saturated rings. The summed E-state index contributed by atoms with van der Waals surface area (Å²) in [5.74, 6) is 0.323. The highest BCUT2D eigenvalue weighted by Crippen LogP contribution is 2.33. The number of amides is 1. The van der Waals surface area contributed by atoms with Crippen molar-refractivity contribution in [3.63, 3.8) is 0 Å². The molecule has 4 nitrogen and oxygen atoms in total. The minimum atomic E-state index is 0.323. The Kier molecular flexibility index (Phi) is 5.36. The van der Waals surface area contributed by atoms with Crippen LogP contribution in [-0.4, -0.2) is 45.9 Å². The molecule has 138 valence electrons. The second-order valence-corrected chi connectivity index (χ2v) is 8.44. The Balaban J connectivity index is 1.46. The van der Waals surface area contributed by atoms with E-state index < -0.39 is 0 Å². The van der Waals surface area contributed by atoms with Crippen molar-refractivity contribution in [3.05, 3.63) is 41.4 Å². The van der Waals surface area contributed by atoms with Crippen LogP contribution in [-0.2, 0) is 11.3 Å². The van der Waals surface area contributed by atoms with Gasteiger partial charge in [0.2, 0.25) is 5.91 Å². The fourth-order valence-corrected chi connectivity index (χ4v) is 5.43. The van der Waals surface area contributed by atoms with Crippen molar-refractivity contribution in [1.29, 1.82) is 0 Å². The summed E-state index contributed by atoms with van der Waals surface area (Å²) in [7, 11) is 0. The molecule has 26 heavy (non-hydrogen) atoms. The lowest BCUT2D eigenvalue weighted by Gasteiger charge is -2.34. The number of rotatable bonds is 5. The predicted molar refractivity (Wildman–Crippen MR) is 106 cm³/mol. The van der Waals surface area contributed by atoms with Gasteiger partial charge in [0.1, 0.15) is 5.01 Å². The van der Waals surface area contributed by atoms with E-state index in [0.29, 0.717) is 24.4 Å². The first-order valence-electron chi connectivity index (χ1n) is 9.80. The Labute approximate surface area is 159 Å². The Morgan fingerprint density at radius 1 is 1.15 bits per heavy atom. The van der Waals surface area contributed by atoms with Crippen LogP contribution in [0.5, 0.6) is 0 Å². The summed E-state index contributed by atoms with van der Waals surface area (Å²) < 4.78 is 0. The fraction of sp³-hybridized carbons (Fsp3) is 0.524. The molecule has 2 unspecified atom stereocenters. The van der Waals surface area contributed by atoms with E-state index in [9.17, 15) is 4.79 Å². The second kappa shape index (κ2) is 7.89. The first-order chi connectivity index (χ1) is 12.8. The second-order valence-electron chi connectivity index (χ2n) is 7.33. The molecular weight excluding hydrogens is 342 g/mol. The summed E-state index contributed by atoms with van der Waals surface area (Å²) in [6.07, 6.45) is 7.41. The van der Waals surface area contributed by atoms with Crippen molar-refractivity contribution in [2.24, 2.45) is 0 Å². The van der Waals surface area contributed by atoms with E-state index in [0.717, 1.165) is 37.5 Å². The van der Waals surface area contributed by atoms with Crippen LogP contribution in [0.3, 0.4) is 0 Å². The molecule has 0 radical (unpaired) electrons. The average molecular weight is 370 g/mol. The van der Waals surface area contributed by atoms with Gasteiger partial charge in [-0.15, -0.1) is 11.3 Å². The molecule has 2 atom stereocenters. The van der Waals surface area contributed by atoms with Gasteiger partial charge in [0.05, 0.1) is 0 Å². The van der Waals surface area contributed by atoms with Crippen LogP contribution >= 0.6 is 11.3 Å². The van der Waals surface area contributed by atoms with Gasteiger partial charge < -0.3 is 4.90 Å². The summed E-state index contributed by atoms with van der Waals surface area (Å²) in [6.45, 7) is 5.01. The van der Waals surface area contributed by atoms with Crippen LogP contribution in [0.2, 0.25) is 0 Å². The molecule has 0 N–H and O–H groups in total. The van der Waals surface area contributed by atoms with Gasteiger partial charge in [-0.3, -0.25) is 9.69 Å². The van der Waals surface area contributed by atoms with E-state index in [1.807, 2.05) is 19.2 Å². The highest BCUT2D eigenvalue weighted by molar-refractivity contribution is 7.15. The highest BCUT2D eigenvalue weighted by atomic mass is 32.1. The first-order valence-corrected chi connectivity index (χ1v) is 10.6. The Hall–Kier alpha value is -1.72. The Morgan fingerprint density at radius 2 is 1.92 bits per heavy atom. The Morgan fingerprint density at radius 3 is 2.73 bits per heavy atom. The molecule has 1 aromatic heterocycles. The van der Waals surface area contributed by atoms with Crippen molar-refractivity contribution < 1.29 is 4.79 Å². The third kappa shape index (κ3) is 3.55. The number of benzene rings is 1. The van der Waals surface area contributed by atoms with E-state index in [4.69, 9.17) is 0 Å². The van der Waals surface area contributed by atoms with Gasteiger partial charge in [-0.2, -0.15) is 0 Å². The highest BCUT2D eigenvalue weighted by Gasteiger charge is 2.39. The summed E-state index contributed by atoms with van der Waals surface area (Å²) >= 11 is 1.80. The van der Waals surface area contributed by atoms with E-state index in [1.165, 1.54) is 23.3 Å². The van der Waals surface area contributed by atoms with Crippen LogP contribution in [0, 0.1) is 0 Å². The van der Waals surface area contributed by atoms with Crippen molar-refractivity contribution in [3.8, 4) is 10.6 Å². The maximum atomic E-state index is 12.3. The van der Waals surface area contributed by atoms with Gasteiger partial charge in [0.25, 0.3) is 0 Å². The number of thiazole rings is 1. The average Bonchev–Trinajstić information content (AvgIpc) is 3.42. The van der Waals surface area contributed by atoms with Crippen molar-refractivity contribution in [2.75, 3.05) is 13.1 Å². The number of likely N-dealkylation sites (tertiary alicyclic amines) is 2. The standard InChI is InChI=1S/C21H27N3OS/c1-2-20(25)24-13-7-11-19(24)18-10-6-12-23(18)15-17-14-22-21(26-17)16-8-4-3-5-9-16/h3-5,8-9,14,18-19H,2,6-7,10-13,15H2,1H3. The molecule has 0 bridgehead atoms. The number of carbonyl (C=O) groups is 1. The summed E-state index contributed by atoms with van der Waals surface area (Å²) in [4.78, 5) is 23.0. The van der Waals surface area contributed by atoms with E-state index >= 15 is 0 Å². The molecular formula is C21H27N3OS. The Bertz CT molecular complexity index is 745. The minimum absolute atomic E-state index is 0.323. The lowest BCUT2D eigenvalue weighted by Crippen LogP contribution is -2.47. The van der Waals surface area contributed by atoms with Crippen LogP contribution in [0.15, 0.2) is 36.5 Å². The van der Waals surface area contributed by atoms with Crippen LogP contribution < -0.4 is 0 Å². The smallest absolute Gasteiger partial charge is 0.222 e. The van der Waals surface area contributed by atoms with E-state index in [1.54, 1.807) is 11.3 Å². The van der Waals surface area contributed by atoms with Gasteiger partial charge in [-0.1, -0.05) is 37.3 Å². The quantitative estimate of drug-likeness (QED) is 0.793. The van der Waals surface area contributed by atoms with Gasteiger partial charge in [0.15, 0.2) is 0 Å². The van der Waals surface area contributed by atoms with Gasteiger partial charge in [-0.25, -0.2) is 4.98 Å². The molecule has 0 spiro atoms. The topological polar surface area (TPSA) is 36.4 Å². The van der Waals surface area contributed by atoms with Gasteiger partial charge in [0, 0.05) is 48.2 Å². The number of carbonyl (C=O) groups excluding carboxylic acids is 1. The number of nitrogens with zero attached hydrogens (tertiary/aromatic N) is 3. The normalized spacial score (nSPS) is 23.7. The van der Waals surface area contributed by atoms with E-state index in [2.05, 4.69) is 39.0 Å². The van der Waals surface area contributed by atoms with Crippen LogP contribution in [0.25, 0.3) is 10.6 Å². The number of aromatic nitrogens is 1. The molecule has 3 heterocycles. The molecule has 2 aliphatic rings. The van der Waals surface area contributed by atoms with Gasteiger partial charge >= 0.3 is 0 Å². The van der Waals surface area contributed by atoms with E-state index in [-0.39, 0.29) is 0 Å². The lowest BCUT2D eigenvalue weighted by atomic mass is 10.0. The molecule has 2 aromatic rings. The zero-order valence-electron chi connectivity index (χ0n) is 15.4. The maximum absolute atomic E-state index is 12.3. The molecule has 0 saturated carbocycles. The third-order valence-corrected chi connectivity index (χ3v) is 6.74. The van der Waals surface area contributed by atoms with Crippen molar-refractivity contribution in [2.45, 2.75) is 57.7 Å². The maximum Gasteiger partial charge on any atom is 0.222 e. The molecule has 1 amide bonds. The SMILES string of the molecule is CCC(=O)N1CCCC1C1CCCN1Cc1cnc(-c2ccccc2)s1. The van der Waals surface area contributed by atoms with Gasteiger partial charge in [-0.05, 0) is 32.2 Å². The van der Waals surface area contributed by atoms with Crippen LogP contribution in [0.4, 0.5) is 0 Å². The molecule has 2 saturated heterocycles. The third-order valence-electron chi connectivity index (χ3n) is 5.71. The zero-order valence-corrected chi connectivity index (χ0v) is 16.3. The predicted octanol–water partition coefficient (Wildman–Crippen LogP) is 4.18. The number of hydrogen-bond donors (Lipinski definition) is 0. The zero-order chi connectivity index (χ0) is 17.9. The molecule has 0 aliphatic carbocycles. The molecule has 5 heteroatoms. The number of hydrogen-bond acceptors (Lipinski definition) is 4. The largest absolute Gasteiger partial charge is 0.338 e.